The molecule has 0 aromatic carbocycles. The van der Waals surface area contributed by atoms with E-state index in [1.807, 2.05) is 0 Å². The molecule has 5 N–H and O–H groups in total. The lowest BCUT2D eigenvalue weighted by atomic mass is 9.93. The van der Waals surface area contributed by atoms with Crippen molar-refractivity contribution in [1.82, 2.24) is 9.55 Å². The molecule has 0 amide bonds. The highest BCUT2D eigenvalue weighted by molar-refractivity contribution is 7.53. The fraction of sp³-hybridized carbons (Fsp3) is 0.750. The molecule has 0 saturated carbocycles. The van der Waals surface area contributed by atoms with Crippen LogP contribution in [0.15, 0.2) is 21.9 Å². The molecule has 5 atom stereocenters. The molecular weight excluding hydrogens is 379 g/mol. The number of aliphatic hydroxyl groups excluding tert-OH is 3. The summed E-state index contributed by atoms with van der Waals surface area (Å²) >= 11 is 0. The predicted molar refractivity (Wildman–Crippen MR) is 98.6 cm³/mol. The molecule has 0 spiro atoms. The van der Waals surface area contributed by atoms with Gasteiger partial charge in [-0.05, 0) is 39.5 Å². The molecule has 0 radical (unpaired) electrons. The minimum atomic E-state index is -4.19. The average molecular weight is 408 g/mol. The van der Waals surface area contributed by atoms with E-state index < -0.39 is 49.0 Å². The highest BCUT2D eigenvalue weighted by atomic mass is 31.2. The Bertz CT molecular complexity index is 761. The van der Waals surface area contributed by atoms with Gasteiger partial charge in [-0.3, -0.25) is 18.9 Å². The van der Waals surface area contributed by atoms with Gasteiger partial charge in [-0.1, -0.05) is 6.92 Å². The number of H-pyrrole nitrogens is 1. The van der Waals surface area contributed by atoms with Crippen LogP contribution in [0.4, 0.5) is 0 Å². The van der Waals surface area contributed by atoms with Crippen LogP contribution in [0.3, 0.4) is 0 Å². The summed E-state index contributed by atoms with van der Waals surface area (Å²) < 4.78 is 18.4. The van der Waals surface area contributed by atoms with E-state index in [9.17, 15) is 34.4 Å². The smallest absolute Gasteiger partial charge is 0.356 e. The molecule has 1 aromatic heterocycles. The van der Waals surface area contributed by atoms with Crippen molar-refractivity contribution in [3.63, 3.8) is 0 Å². The first-order chi connectivity index (χ1) is 12.5. The normalized spacial score (nSPS) is 19.7. The van der Waals surface area contributed by atoms with E-state index in [0.29, 0.717) is 19.3 Å². The van der Waals surface area contributed by atoms with Gasteiger partial charge in [0.05, 0.1) is 24.4 Å². The van der Waals surface area contributed by atoms with Gasteiger partial charge in [-0.2, -0.15) is 0 Å². The number of nitrogens with zero attached hydrogens (tertiary/aromatic N) is 1. The zero-order valence-electron chi connectivity index (χ0n) is 15.7. The number of aromatic nitrogens is 2. The van der Waals surface area contributed by atoms with Crippen molar-refractivity contribution >= 4 is 7.60 Å². The van der Waals surface area contributed by atoms with Crippen LogP contribution in [0.5, 0.6) is 0 Å². The van der Waals surface area contributed by atoms with Crippen molar-refractivity contribution in [1.29, 1.82) is 0 Å². The van der Waals surface area contributed by atoms with Crippen molar-refractivity contribution in [2.75, 3.05) is 6.61 Å². The number of hydrogen-bond acceptors (Lipinski definition) is 7. The maximum atomic E-state index is 12.0. The summed E-state index contributed by atoms with van der Waals surface area (Å²) in [6.07, 6.45) is 1.36. The highest BCUT2D eigenvalue weighted by Crippen LogP contribution is 2.51. The minimum Gasteiger partial charge on any atom is -0.394 e. The van der Waals surface area contributed by atoms with E-state index in [-0.39, 0.29) is 6.42 Å². The van der Waals surface area contributed by atoms with Crippen LogP contribution >= 0.6 is 7.60 Å². The zero-order chi connectivity index (χ0) is 20.8. The maximum absolute atomic E-state index is 12.0. The third-order valence-corrected chi connectivity index (χ3v) is 6.26. The van der Waals surface area contributed by atoms with Crippen LogP contribution in [0.2, 0.25) is 0 Å². The molecule has 0 aliphatic carbocycles. The molecule has 3 unspecified atom stereocenters. The molecule has 1 aromatic rings. The topological polar surface area (TPSA) is 162 Å². The summed E-state index contributed by atoms with van der Waals surface area (Å²) in [4.78, 5) is 35.0. The summed E-state index contributed by atoms with van der Waals surface area (Å²) in [5.41, 5.74) is -2.27. The fourth-order valence-corrected chi connectivity index (χ4v) is 3.70. The van der Waals surface area contributed by atoms with Crippen LogP contribution in [-0.4, -0.2) is 53.9 Å². The van der Waals surface area contributed by atoms with E-state index in [1.165, 1.54) is 13.1 Å². The molecule has 27 heavy (non-hydrogen) atoms. The first-order valence-electron chi connectivity index (χ1n) is 8.77. The Morgan fingerprint density at radius 3 is 2.48 bits per heavy atom. The van der Waals surface area contributed by atoms with Gasteiger partial charge in [0.2, 0.25) is 0 Å². The summed E-state index contributed by atoms with van der Waals surface area (Å²) in [6, 6.07) is 0.348. The number of nitrogens with one attached hydrogen (secondary N) is 1. The molecule has 1 heterocycles. The van der Waals surface area contributed by atoms with E-state index >= 15 is 0 Å². The molecule has 156 valence electrons. The highest BCUT2D eigenvalue weighted by Gasteiger charge is 2.36. The van der Waals surface area contributed by atoms with Crippen LogP contribution in [-0.2, 0) is 9.09 Å². The third-order valence-electron chi connectivity index (χ3n) is 4.62. The molecule has 11 heteroatoms. The van der Waals surface area contributed by atoms with Gasteiger partial charge < -0.3 is 24.7 Å². The van der Waals surface area contributed by atoms with Gasteiger partial charge >= 0.3 is 13.3 Å². The Morgan fingerprint density at radius 1 is 1.37 bits per heavy atom. The summed E-state index contributed by atoms with van der Waals surface area (Å²) in [7, 11) is -4.19. The first kappa shape index (κ1) is 23.7. The second-order valence-corrected chi connectivity index (χ2v) is 8.88. The monoisotopic (exact) mass is 408 g/mol. The first-order valence-corrected chi connectivity index (χ1v) is 10.4. The Labute approximate surface area is 157 Å². The van der Waals surface area contributed by atoms with E-state index in [0.717, 1.165) is 10.6 Å². The SMILES string of the molecule is CCC(C)(CCC[C@H]([C@H](O)CO)n1ccc(=O)[nH]c1=O)OP(=O)(O)C(C)O. The molecule has 0 saturated heterocycles. The van der Waals surface area contributed by atoms with Gasteiger partial charge in [-0.15, -0.1) is 0 Å². The van der Waals surface area contributed by atoms with E-state index in [4.69, 9.17) is 4.52 Å². The third kappa shape index (κ3) is 6.67. The largest absolute Gasteiger partial charge is 0.394 e. The van der Waals surface area contributed by atoms with E-state index in [2.05, 4.69) is 4.98 Å². The number of aliphatic hydroxyl groups is 3. The van der Waals surface area contributed by atoms with Crippen molar-refractivity contribution < 1.29 is 29.3 Å². The Balaban J connectivity index is 2.90. The van der Waals surface area contributed by atoms with Crippen molar-refractivity contribution in [2.24, 2.45) is 0 Å². The van der Waals surface area contributed by atoms with Crippen molar-refractivity contribution in [2.45, 2.75) is 70.0 Å². The zero-order valence-corrected chi connectivity index (χ0v) is 16.6. The van der Waals surface area contributed by atoms with Gasteiger partial charge in [0.15, 0.2) is 5.85 Å². The molecule has 0 bridgehead atoms. The molecule has 10 nitrogen and oxygen atoms in total. The Kier molecular flexibility index (Phi) is 8.59. The maximum Gasteiger partial charge on any atom is 0.356 e. The minimum absolute atomic E-state index is 0.247. The predicted octanol–water partition coefficient (Wildman–Crippen LogP) is 0.310. The molecule has 0 fully saturated rings. The lowest BCUT2D eigenvalue weighted by Gasteiger charge is -2.32. The Morgan fingerprint density at radius 2 is 2.00 bits per heavy atom. The van der Waals surface area contributed by atoms with Gasteiger partial charge in [-0.25, -0.2) is 4.79 Å². The van der Waals surface area contributed by atoms with Crippen LogP contribution < -0.4 is 11.2 Å². The molecule has 0 aliphatic rings. The fourth-order valence-electron chi connectivity index (χ4n) is 2.69. The second kappa shape index (κ2) is 9.77. The number of aromatic amines is 1. The van der Waals surface area contributed by atoms with Gasteiger partial charge in [0, 0.05) is 12.3 Å². The number of rotatable bonds is 11. The quantitative estimate of drug-likeness (QED) is 0.327. The summed E-state index contributed by atoms with van der Waals surface area (Å²) in [5.74, 6) is -1.52. The lowest BCUT2D eigenvalue weighted by molar-refractivity contribution is 0.0298. The van der Waals surface area contributed by atoms with Crippen LogP contribution in [0.25, 0.3) is 0 Å². The standard InChI is InChI=1S/C16H29N2O8P/c1-4-16(3,26-27(24,25)11(2)20)8-5-6-12(13(21)10-19)18-9-7-14(22)17-15(18)23/h7,9,11-13,19-21H,4-6,8,10H2,1-3H3,(H,24,25)(H,17,22,23)/t11?,12-,13-,16?/m1/s1. The molecule has 0 aliphatic heterocycles. The Hall–Kier alpha value is -1.29. The second-order valence-electron chi connectivity index (χ2n) is 6.82. The van der Waals surface area contributed by atoms with Crippen molar-refractivity contribution in [3.05, 3.63) is 33.1 Å². The van der Waals surface area contributed by atoms with E-state index in [1.54, 1.807) is 13.8 Å². The van der Waals surface area contributed by atoms with Gasteiger partial charge in [0.25, 0.3) is 5.56 Å². The number of hydrogen-bond donors (Lipinski definition) is 5. The lowest BCUT2D eigenvalue weighted by Crippen LogP contribution is -2.38. The van der Waals surface area contributed by atoms with Gasteiger partial charge in [0.1, 0.15) is 0 Å². The summed E-state index contributed by atoms with van der Waals surface area (Å²) in [6.45, 7) is 4.01. The summed E-state index contributed by atoms with van der Waals surface area (Å²) in [5, 5.41) is 28.7. The van der Waals surface area contributed by atoms with Crippen LogP contribution in [0, 0.1) is 0 Å². The van der Waals surface area contributed by atoms with Crippen molar-refractivity contribution in [3.8, 4) is 0 Å². The average Bonchev–Trinajstić information content (AvgIpc) is 2.58. The molecular formula is C16H29N2O8P. The van der Waals surface area contributed by atoms with Crippen LogP contribution in [0.1, 0.15) is 52.5 Å². The molecule has 1 rings (SSSR count).